The maximum Gasteiger partial charge on any atom is 0.249 e. The number of carbonyl (C=O) groups excluding carboxylic acids is 2. The number of hydrogen-bond donors (Lipinski definition) is 1. The molecule has 1 aromatic heterocycles. The monoisotopic (exact) mass is 312 g/mol. The van der Waals surface area contributed by atoms with E-state index in [2.05, 4.69) is 5.32 Å². The topological polar surface area (TPSA) is 62.6 Å². The average Bonchev–Trinajstić information content (AvgIpc) is 2.91. The van der Waals surface area contributed by atoms with Crippen molar-refractivity contribution in [2.75, 3.05) is 0 Å². The molecule has 120 valence electrons. The number of nitrogens with one attached hydrogen (secondary N) is 1. The summed E-state index contributed by atoms with van der Waals surface area (Å²) < 4.78 is 5.78. The SMILES string of the molecule is CCC(C)[C@@H]1NC(=O)C=CN(Cc2cc3ccccc3o2)C1=O. The predicted molar refractivity (Wildman–Crippen MR) is 87.3 cm³/mol. The number of fused-ring (bicyclic) bond motifs is 1. The lowest BCUT2D eigenvalue weighted by molar-refractivity contribution is -0.134. The van der Waals surface area contributed by atoms with Crippen LogP contribution in [0.3, 0.4) is 0 Å². The number of furan rings is 1. The van der Waals surface area contributed by atoms with E-state index in [0.29, 0.717) is 12.3 Å². The summed E-state index contributed by atoms with van der Waals surface area (Å²) in [5, 5.41) is 3.78. The zero-order valence-electron chi connectivity index (χ0n) is 13.3. The Morgan fingerprint density at radius 3 is 2.83 bits per heavy atom. The molecule has 5 nitrogen and oxygen atoms in total. The molecule has 1 aliphatic heterocycles. The fourth-order valence-electron chi connectivity index (χ4n) is 2.71. The Morgan fingerprint density at radius 2 is 2.09 bits per heavy atom. The Morgan fingerprint density at radius 1 is 1.30 bits per heavy atom. The third-order valence-electron chi connectivity index (χ3n) is 4.27. The molecule has 1 unspecified atom stereocenters. The molecule has 0 saturated carbocycles. The Kier molecular flexibility index (Phi) is 4.19. The molecule has 23 heavy (non-hydrogen) atoms. The molecule has 0 fully saturated rings. The standard InChI is InChI=1S/C18H20N2O3/c1-3-12(2)17-18(22)20(9-8-16(21)19-17)11-14-10-13-6-4-5-7-15(13)23-14/h4-10,12,17H,3,11H2,1-2H3,(H,19,21)/t12?,17-/m0/s1. The summed E-state index contributed by atoms with van der Waals surface area (Å²) in [6.45, 7) is 4.28. The molecule has 1 N–H and O–H groups in total. The normalized spacial score (nSPS) is 19.7. The van der Waals surface area contributed by atoms with Crippen LogP contribution in [-0.2, 0) is 16.1 Å². The van der Waals surface area contributed by atoms with E-state index in [1.807, 2.05) is 44.2 Å². The molecule has 0 bridgehead atoms. The number of hydrogen-bond acceptors (Lipinski definition) is 3. The summed E-state index contributed by atoms with van der Waals surface area (Å²) in [4.78, 5) is 26.1. The maximum atomic E-state index is 12.7. The highest BCUT2D eigenvalue weighted by Crippen LogP contribution is 2.22. The number of carbonyl (C=O) groups is 2. The summed E-state index contributed by atoms with van der Waals surface area (Å²) in [5.41, 5.74) is 0.793. The van der Waals surface area contributed by atoms with E-state index in [1.54, 1.807) is 4.90 Å². The van der Waals surface area contributed by atoms with Gasteiger partial charge in [0.15, 0.2) is 0 Å². The smallest absolute Gasteiger partial charge is 0.249 e. The van der Waals surface area contributed by atoms with Crippen LogP contribution in [0.5, 0.6) is 0 Å². The maximum absolute atomic E-state index is 12.7. The summed E-state index contributed by atoms with van der Waals surface area (Å²) in [7, 11) is 0. The van der Waals surface area contributed by atoms with Gasteiger partial charge in [-0.3, -0.25) is 9.59 Å². The van der Waals surface area contributed by atoms with Crippen molar-refractivity contribution in [3.05, 3.63) is 48.4 Å². The highest BCUT2D eigenvalue weighted by molar-refractivity contribution is 5.96. The highest BCUT2D eigenvalue weighted by atomic mass is 16.3. The zero-order chi connectivity index (χ0) is 16.4. The second-order valence-corrected chi connectivity index (χ2v) is 5.90. The molecule has 2 amide bonds. The quantitative estimate of drug-likeness (QED) is 0.944. The van der Waals surface area contributed by atoms with Crippen LogP contribution in [0.2, 0.25) is 0 Å². The van der Waals surface area contributed by atoms with Gasteiger partial charge in [0.25, 0.3) is 0 Å². The van der Waals surface area contributed by atoms with E-state index in [4.69, 9.17) is 4.42 Å². The summed E-state index contributed by atoms with van der Waals surface area (Å²) >= 11 is 0. The minimum atomic E-state index is -0.508. The van der Waals surface area contributed by atoms with Gasteiger partial charge in [-0.2, -0.15) is 0 Å². The van der Waals surface area contributed by atoms with E-state index < -0.39 is 6.04 Å². The van der Waals surface area contributed by atoms with Gasteiger partial charge in [0, 0.05) is 17.7 Å². The first kappa shape index (κ1) is 15.3. The molecule has 0 spiro atoms. The third kappa shape index (κ3) is 3.13. The third-order valence-corrected chi connectivity index (χ3v) is 4.27. The van der Waals surface area contributed by atoms with Gasteiger partial charge in [0.2, 0.25) is 11.8 Å². The van der Waals surface area contributed by atoms with Gasteiger partial charge >= 0.3 is 0 Å². The minimum Gasteiger partial charge on any atom is -0.459 e. The number of rotatable bonds is 4. The Hall–Kier alpha value is -2.56. The fraction of sp³-hybridized carbons (Fsp3) is 0.333. The minimum absolute atomic E-state index is 0.0736. The van der Waals surface area contributed by atoms with Crippen molar-refractivity contribution in [1.29, 1.82) is 0 Å². The molecule has 0 aliphatic carbocycles. The van der Waals surface area contributed by atoms with Crippen LogP contribution in [0.1, 0.15) is 26.0 Å². The molecule has 2 heterocycles. The van der Waals surface area contributed by atoms with E-state index >= 15 is 0 Å². The van der Waals surface area contributed by atoms with Gasteiger partial charge in [-0.15, -0.1) is 0 Å². The lowest BCUT2D eigenvalue weighted by atomic mass is 9.98. The van der Waals surface area contributed by atoms with Gasteiger partial charge in [-0.1, -0.05) is 38.5 Å². The van der Waals surface area contributed by atoms with Gasteiger partial charge in [-0.25, -0.2) is 0 Å². The van der Waals surface area contributed by atoms with Crippen molar-refractivity contribution in [1.82, 2.24) is 10.2 Å². The van der Waals surface area contributed by atoms with Crippen molar-refractivity contribution in [3.8, 4) is 0 Å². The van der Waals surface area contributed by atoms with E-state index in [0.717, 1.165) is 17.4 Å². The van der Waals surface area contributed by atoms with E-state index in [9.17, 15) is 9.59 Å². The molecular formula is C18H20N2O3. The molecule has 2 aromatic rings. The highest BCUT2D eigenvalue weighted by Gasteiger charge is 2.31. The molecule has 5 heteroatoms. The molecule has 1 aromatic carbocycles. The second-order valence-electron chi connectivity index (χ2n) is 5.90. The van der Waals surface area contributed by atoms with Crippen molar-refractivity contribution in [2.45, 2.75) is 32.9 Å². The Labute approximate surface area is 134 Å². The van der Waals surface area contributed by atoms with Gasteiger partial charge in [0.05, 0.1) is 6.54 Å². The van der Waals surface area contributed by atoms with Crippen molar-refractivity contribution in [2.24, 2.45) is 5.92 Å². The largest absolute Gasteiger partial charge is 0.459 e. The van der Waals surface area contributed by atoms with Crippen molar-refractivity contribution >= 4 is 22.8 Å². The van der Waals surface area contributed by atoms with Crippen LogP contribution in [0.25, 0.3) is 11.0 Å². The number of nitrogens with zero attached hydrogens (tertiary/aromatic N) is 1. The second kappa shape index (κ2) is 6.28. The van der Waals surface area contributed by atoms with Crippen LogP contribution in [-0.4, -0.2) is 22.8 Å². The lowest BCUT2D eigenvalue weighted by Gasteiger charge is -2.25. The molecule has 0 saturated heterocycles. The lowest BCUT2D eigenvalue weighted by Crippen LogP contribution is -2.47. The number of para-hydroxylation sites is 1. The van der Waals surface area contributed by atoms with Gasteiger partial charge < -0.3 is 14.6 Å². The summed E-state index contributed by atoms with van der Waals surface area (Å²) in [6, 6.07) is 9.14. The first-order chi connectivity index (χ1) is 11.1. The molecule has 2 atom stereocenters. The number of amides is 2. The zero-order valence-corrected chi connectivity index (χ0v) is 13.3. The Balaban J connectivity index is 1.85. The van der Waals surface area contributed by atoms with Crippen LogP contribution in [0.15, 0.2) is 47.0 Å². The molecule has 1 aliphatic rings. The molecule has 0 radical (unpaired) electrons. The summed E-state index contributed by atoms with van der Waals surface area (Å²) in [5.74, 6) is 0.420. The fourth-order valence-corrected chi connectivity index (χ4v) is 2.71. The van der Waals surface area contributed by atoms with Crippen LogP contribution in [0, 0.1) is 5.92 Å². The van der Waals surface area contributed by atoms with E-state index in [1.165, 1.54) is 12.3 Å². The van der Waals surface area contributed by atoms with Crippen molar-refractivity contribution < 1.29 is 14.0 Å². The Bertz CT molecular complexity index is 729. The van der Waals surface area contributed by atoms with Crippen LogP contribution in [0.4, 0.5) is 0 Å². The molecular weight excluding hydrogens is 292 g/mol. The van der Waals surface area contributed by atoms with Crippen LogP contribution >= 0.6 is 0 Å². The summed E-state index contributed by atoms with van der Waals surface area (Å²) in [6.07, 6.45) is 3.74. The van der Waals surface area contributed by atoms with E-state index in [-0.39, 0.29) is 17.7 Å². The molecule has 3 rings (SSSR count). The van der Waals surface area contributed by atoms with Crippen molar-refractivity contribution in [3.63, 3.8) is 0 Å². The first-order valence-electron chi connectivity index (χ1n) is 7.85. The average molecular weight is 312 g/mol. The first-order valence-corrected chi connectivity index (χ1v) is 7.85. The predicted octanol–water partition coefficient (Wildman–Crippen LogP) is 2.82. The van der Waals surface area contributed by atoms with Gasteiger partial charge in [0.1, 0.15) is 17.4 Å². The van der Waals surface area contributed by atoms with Crippen LogP contribution < -0.4 is 5.32 Å². The van der Waals surface area contributed by atoms with Gasteiger partial charge in [-0.05, 0) is 18.1 Å². The number of benzene rings is 1.